The molecule has 0 radical (unpaired) electrons. The summed E-state index contributed by atoms with van der Waals surface area (Å²) >= 11 is 0. The lowest BCUT2D eigenvalue weighted by Crippen LogP contribution is -2.49. The largest absolute Gasteiger partial charge is 0.465 e. The molecule has 2 N–H and O–H groups in total. The Labute approximate surface area is 145 Å². The van der Waals surface area contributed by atoms with E-state index in [1.165, 1.54) is 4.90 Å². The second-order valence-electron chi connectivity index (χ2n) is 6.07. The molecule has 2 fully saturated rings. The third-order valence-corrected chi connectivity index (χ3v) is 4.52. The van der Waals surface area contributed by atoms with E-state index >= 15 is 0 Å². The average molecular weight is 347 g/mol. The first-order valence-corrected chi connectivity index (χ1v) is 8.29. The minimum Gasteiger partial charge on any atom is -0.465 e. The SMILES string of the molecule is O=C(O)N[C@H]1CCN([C@H](C(=O)N2CCOCC2)c2ccccc2)C1=O. The van der Waals surface area contributed by atoms with Crippen molar-refractivity contribution in [3.05, 3.63) is 35.9 Å². The number of carbonyl (C=O) groups excluding carboxylic acids is 2. The van der Waals surface area contributed by atoms with E-state index in [-0.39, 0.29) is 11.8 Å². The third kappa shape index (κ3) is 3.74. The van der Waals surface area contributed by atoms with Crippen molar-refractivity contribution in [2.45, 2.75) is 18.5 Å². The minimum atomic E-state index is -1.24. The van der Waals surface area contributed by atoms with Gasteiger partial charge in [0.25, 0.3) is 0 Å². The maximum Gasteiger partial charge on any atom is 0.405 e. The summed E-state index contributed by atoms with van der Waals surface area (Å²) in [6, 6.07) is 7.57. The Morgan fingerprint density at radius 3 is 2.48 bits per heavy atom. The number of nitrogens with zero attached hydrogens (tertiary/aromatic N) is 2. The molecule has 0 bridgehead atoms. The van der Waals surface area contributed by atoms with Gasteiger partial charge in [-0.15, -0.1) is 0 Å². The first-order chi connectivity index (χ1) is 12.1. The topological polar surface area (TPSA) is 99.2 Å². The van der Waals surface area contributed by atoms with Crippen molar-refractivity contribution in [1.82, 2.24) is 15.1 Å². The van der Waals surface area contributed by atoms with Crippen LogP contribution in [0.1, 0.15) is 18.0 Å². The van der Waals surface area contributed by atoms with Gasteiger partial charge in [0, 0.05) is 19.6 Å². The van der Waals surface area contributed by atoms with Crippen LogP contribution >= 0.6 is 0 Å². The molecule has 2 aliphatic heterocycles. The van der Waals surface area contributed by atoms with Crippen molar-refractivity contribution in [2.24, 2.45) is 0 Å². The highest BCUT2D eigenvalue weighted by molar-refractivity contribution is 5.93. The molecule has 0 saturated carbocycles. The van der Waals surface area contributed by atoms with E-state index in [1.54, 1.807) is 4.90 Å². The second kappa shape index (κ2) is 7.52. The predicted molar refractivity (Wildman–Crippen MR) is 87.9 cm³/mol. The molecule has 1 aromatic carbocycles. The molecule has 0 spiro atoms. The molecule has 2 heterocycles. The molecule has 3 rings (SSSR count). The van der Waals surface area contributed by atoms with E-state index in [0.29, 0.717) is 39.3 Å². The molecule has 0 aliphatic carbocycles. The monoisotopic (exact) mass is 347 g/mol. The summed E-state index contributed by atoms with van der Waals surface area (Å²) in [5.41, 5.74) is 0.725. The minimum absolute atomic E-state index is 0.154. The van der Waals surface area contributed by atoms with Crippen molar-refractivity contribution < 1.29 is 24.2 Å². The summed E-state index contributed by atoms with van der Waals surface area (Å²) in [6.07, 6.45) is -0.888. The molecule has 0 unspecified atom stereocenters. The van der Waals surface area contributed by atoms with E-state index < -0.39 is 18.2 Å². The van der Waals surface area contributed by atoms with Crippen molar-refractivity contribution >= 4 is 17.9 Å². The third-order valence-electron chi connectivity index (χ3n) is 4.52. The molecule has 25 heavy (non-hydrogen) atoms. The van der Waals surface area contributed by atoms with E-state index in [9.17, 15) is 14.4 Å². The lowest BCUT2D eigenvalue weighted by molar-refractivity contribution is -0.147. The highest BCUT2D eigenvalue weighted by Crippen LogP contribution is 2.28. The summed E-state index contributed by atoms with van der Waals surface area (Å²) in [5, 5.41) is 11.1. The molecule has 3 amide bonds. The first kappa shape index (κ1) is 17.2. The lowest BCUT2D eigenvalue weighted by atomic mass is 10.0. The average Bonchev–Trinajstić information content (AvgIpc) is 2.97. The molecule has 8 nitrogen and oxygen atoms in total. The van der Waals surface area contributed by atoms with Crippen LogP contribution in [0.4, 0.5) is 4.79 Å². The Kier molecular flexibility index (Phi) is 5.18. The van der Waals surface area contributed by atoms with Gasteiger partial charge in [-0.05, 0) is 12.0 Å². The lowest BCUT2D eigenvalue weighted by Gasteiger charge is -2.34. The maximum atomic E-state index is 13.1. The van der Waals surface area contributed by atoms with E-state index in [4.69, 9.17) is 9.84 Å². The molecular weight excluding hydrogens is 326 g/mol. The Balaban J connectivity index is 1.85. The zero-order valence-electron chi connectivity index (χ0n) is 13.8. The van der Waals surface area contributed by atoms with Gasteiger partial charge in [0.15, 0.2) is 0 Å². The van der Waals surface area contributed by atoms with E-state index in [1.807, 2.05) is 30.3 Å². The molecule has 2 saturated heterocycles. The van der Waals surface area contributed by atoms with Crippen LogP contribution in [0.25, 0.3) is 0 Å². The van der Waals surface area contributed by atoms with Crippen LogP contribution in [0.15, 0.2) is 30.3 Å². The number of carboxylic acid groups (broad SMARTS) is 1. The van der Waals surface area contributed by atoms with Gasteiger partial charge in [-0.25, -0.2) is 4.79 Å². The fourth-order valence-corrected chi connectivity index (χ4v) is 3.29. The van der Waals surface area contributed by atoms with Crippen LogP contribution in [0, 0.1) is 0 Å². The van der Waals surface area contributed by atoms with Gasteiger partial charge in [0.1, 0.15) is 12.1 Å². The fraction of sp³-hybridized carbons (Fsp3) is 0.471. The van der Waals surface area contributed by atoms with E-state index in [0.717, 1.165) is 5.56 Å². The Bertz CT molecular complexity index is 645. The van der Waals surface area contributed by atoms with Crippen molar-refractivity contribution in [3.63, 3.8) is 0 Å². The summed E-state index contributed by atoms with van der Waals surface area (Å²) in [7, 11) is 0. The van der Waals surface area contributed by atoms with Gasteiger partial charge in [-0.3, -0.25) is 9.59 Å². The van der Waals surface area contributed by atoms with Gasteiger partial charge in [0.05, 0.1) is 13.2 Å². The fourth-order valence-electron chi connectivity index (χ4n) is 3.29. The normalized spacial score (nSPS) is 21.9. The van der Waals surface area contributed by atoms with Gasteiger partial charge < -0.3 is 25.0 Å². The molecule has 8 heteroatoms. The molecule has 2 atom stereocenters. The quantitative estimate of drug-likeness (QED) is 0.824. The molecular formula is C17H21N3O5. The number of likely N-dealkylation sites (tertiary alicyclic amines) is 1. The summed E-state index contributed by atoms with van der Waals surface area (Å²) in [6.45, 7) is 2.26. The number of morpholine rings is 1. The number of amides is 3. The Morgan fingerprint density at radius 2 is 1.84 bits per heavy atom. The number of nitrogens with one attached hydrogen (secondary N) is 1. The summed E-state index contributed by atoms with van der Waals surface area (Å²) in [4.78, 5) is 39.8. The molecule has 134 valence electrons. The number of hydrogen-bond donors (Lipinski definition) is 2. The highest BCUT2D eigenvalue weighted by atomic mass is 16.5. The standard InChI is InChI=1S/C17H21N3O5/c21-15-13(18-17(23)24)6-7-20(15)14(12-4-2-1-3-5-12)16(22)19-8-10-25-11-9-19/h1-5,13-14,18H,6-11H2,(H,23,24)/t13-,14-/m0/s1. The van der Waals surface area contributed by atoms with Gasteiger partial charge in [0.2, 0.25) is 11.8 Å². The molecule has 1 aromatic rings. The molecule has 2 aliphatic rings. The van der Waals surface area contributed by atoms with Crippen molar-refractivity contribution in [1.29, 1.82) is 0 Å². The van der Waals surface area contributed by atoms with Crippen LogP contribution in [-0.2, 0) is 14.3 Å². The second-order valence-corrected chi connectivity index (χ2v) is 6.07. The van der Waals surface area contributed by atoms with Crippen LogP contribution in [-0.4, -0.2) is 71.7 Å². The van der Waals surface area contributed by atoms with Crippen LogP contribution < -0.4 is 5.32 Å². The number of ether oxygens (including phenoxy) is 1. The smallest absolute Gasteiger partial charge is 0.405 e. The summed E-state index contributed by atoms with van der Waals surface area (Å²) in [5.74, 6) is -0.517. The zero-order valence-corrected chi connectivity index (χ0v) is 13.8. The Morgan fingerprint density at radius 1 is 1.16 bits per heavy atom. The van der Waals surface area contributed by atoms with Gasteiger partial charge >= 0.3 is 6.09 Å². The number of benzene rings is 1. The number of hydrogen-bond acceptors (Lipinski definition) is 4. The van der Waals surface area contributed by atoms with Crippen LogP contribution in [0.2, 0.25) is 0 Å². The van der Waals surface area contributed by atoms with Crippen LogP contribution in [0.5, 0.6) is 0 Å². The van der Waals surface area contributed by atoms with Crippen molar-refractivity contribution in [3.8, 4) is 0 Å². The first-order valence-electron chi connectivity index (χ1n) is 8.29. The Hall–Kier alpha value is -2.61. The zero-order chi connectivity index (χ0) is 17.8. The number of carbonyl (C=O) groups is 3. The number of rotatable bonds is 4. The maximum absolute atomic E-state index is 13.1. The van der Waals surface area contributed by atoms with Crippen molar-refractivity contribution in [2.75, 3.05) is 32.8 Å². The van der Waals surface area contributed by atoms with E-state index in [2.05, 4.69) is 5.32 Å². The highest BCUT2D eigenvalue weighted by Gasteiger charge is 2.41. The summed E-state index contributed by atoms with van der Waals surface area (Å²) < 4.78 is 5.29. The van der Waals surface area contributed by atoms with Gasteiger partial charge in [-0.2, -0.15) is 0 Å². The van der Waals surface area contributed by atoms with Crippen LogP contribution in [0.3, 0.4) is 0 Å². The predicted octanol–water partition coefficient (Wildman–Crippen LogP) is 0.455. The molecule has 0 aromatic heterocycles. The van der Waals surface area contributed by atoms with Gasteiger partial charge in [-0.1, -0.05) is 30.3 Å².